The van der Waals surface area contributed by atoms with Crippen LogP contribution in [0, 0.1) is 0 Å². The van der Waals surface area contributed by atoms with E-state index in [1.54, 1.807) is 18.2 Å². The van der Waals surface area contributed by atoms with Crippen LogP contribution in [-0.4, -0.2) is 23.5 Å². The Morgan fingerprint density at radius 2 is 1.68 bits per heavy atom. The fourth-order valence-electron chi connectivity index (χ4n) is 5.39. The molecule has 0 amide bonds. The molecule has 1 aliphatic heterocycles. The van der Waals surface area contributed by atoms with Crippen LogP contribution in [0.1, 0.15) is 55.2 Å². The van der Waals surface area contributed by atoms with E-state index in [0.29, 0.717) is 47.6 Å². The molecular weight excluding hydrogens is 478 g/mol. The van der Waals surface area contributed by atoms with Crippen molar-refractivity contribution in [3.8, 4) is 11.5 Å². The molecule has 5 rings (SSSR count). The minimum Gasteiger partial charge on any atom is -0.504 e. The van der Waals surface area contributed by atoms with Gasteiger partial charge in [-0.1, -0.05) is 66.7 Å². The van der Waals surface area contributed by atoms with E-state index in [1.807, 2.05) is 74.5 Å². The van der Waals surface area contributed by atoms with Gasteiger partial charge in [0.15, 0.2) is 17.3 Å². The van der Waals surface area contributed by atoms with Gasteiger partial charge in [-0.05, 0) is 55.0 Å². The fraction of sp³-hybridized carbons (Fsp3) is 0.250. The van der Waals surface area contributed by atoms with Crippen molar-refractivity contribution >= 4 is 11.8 Å². The number of ketones is 1. The molecule has 3 aromatic rings. The fourth-order valence-corrected chi connectivity index (χ4v) is 5.39. The first-order valence-corrected chi connectivity index (χ1v) is 12.9. The molecule has 0 spiro atoms. The summed E-state index contributed by atoms with van der Waals surface area (Å²) in [4.78, 5) is 27.4. The molecular formula is C32H31NO5. The number of carbonyl (C=O) groups is 2. The highest BCUT2D eigenvalue weighted by Crippen LogP contribution is 2.47. The summed E-state index contributed by atoms with van der Waals surface area (Å²) in [6.45, 7) is 4.17. The van der Waals surface area contributed by atoms with Crippen molar-refractivity contribution in [1.29, 1.82) is 0 Å². The second-order valence-corrected chi connectivity index (χ2v) is 9.65. The number of esters is 1. The Morgan fingerprint density at radius 3 is 2.39 bits per heavy atom. The Bertz CT molecular complexity index is 1410. The zero-order valence-electron chi connectivity index (χ0n) is 21.6. The molecule has 2 aliphatic rings. The van der Waals surface area contributed by atoms with E-state index in [9.17, 15) is 14.7 Å². The van der Waals surface area contributed by atoms with Gasteiger partial charge in [-0.2, -0.15) is 0 Å². The zero-order chi connectivity index (χ0) is 26.6. The van der Waals surface area contributed by atoms with Crippen LogP contribution in [0.5, 0.6) is 11.5 Å². The van der Waals surface area contributed by atoms with Crippen LogP contribution in [0.3, 0.4) is 0 Å². The van der Waals surface area contributed by atoms with E-state index in [2.05, 4.69) is 5.32 Å². The number of phenolic OH excluding ortho intramolecular Hbond substituents is 1. The summed E-state index contributed by atoms with van der Waals surface area (Å²) in [6, 6.07) is 24.5. The largest absolute Gasteiger partial charge is 0.504 e. The van der Waals surface area contributed by atoms with Crippen molar-refractivity contribution in [2.24, 2.45) is 0 Å². The van der Waals surface area contributed by atoms with Crippen LogP contribution >= 0.6 is 0 Å². The van der Waals surface area contributed by atoms with Crippen molar-refractivity contribution < 1.29 is 24.2 Å². The number of allylic oxidation sites excluding steroid dienone is 3. The van der Waals surface area contributed by atoms with Gasteiger partial charge < -0.3 is 19.9 Å². The van der Waals surface area contributed by atoms with Gasteiger partial charge in [0, 0.05) is 29.3 Å². The molecule has 194 valence electrons. The monoisotopic (exact) mass is 509 g/mol. The molecule has 38 heavy (non-hydrogen) atoms. The summed E-state index contributed by atoms with van der Waals surface area (Å²) in [7, 11) is 0. The quantitative estimate of drug-likeness (QED) is 0.386. The smallest absolute Gasteiger partial charge is 0.337 e. The van der Waals surface area contributed by atoms with Crippen LogP contribution < -0.4 is 10.1 Å². The van der Waals surface area contributed by atoms with Gasteiger partial charge in [0.2, 0.25) is 0 Å². The van der Waals surface area contributed by atoms with E-state index >= 15 is 0 Å². The van der Waals surface area contributed by atoms with E-state index in [4.69, 9.17) is 9.47 Å². The number of benzene rings is 3. The highest BCUT2D eigenvalue weighted by Gasteiger charge is 2.41. The van der Waals surface area contributed by atoms with Gasteiger partial charge in [-0.25, -0.2) is 4.79 Å². The molecule has 0 bridgehead atoms. The van der Waals surface area contributed by atoms with Crippen LogP contribution in [0.25, 0.3) is 0 Å². The number of nitrogens with one attached hydrogen (secondary N) is 1. The number of phenols is 1. The van der Waals surface area contributed by atoms with E-state index < -0.39 is 11.9 Å². The van der Waals surface area contributed by atoms with Crippen molar-refractivity contribution in [1.82, 2.24) is 5.32 Å². The molecule has 1 aliphatic carbocycles. The van der Waals surface area contributed by atoms with Crippen molar-refractivity contribution in [3.05, 3.63) is 118 Å². The number of hydrogen-bond acceptors (Lipinski definition) is 6. The van der Waals surface area contributed by atoms with Crippen LogP contribution in [-0.2, 0) is 20.9 Å². The number of dihydropyridines is 1. The molecule has 3 aromatic carbocycles. The van der Waals surface area contributed by atoms with Crippen LogP contribution in [0.2, 0.25) is 0 Å². The summed E-state index contributed by atoms with van der Waals surface area (Å²) in [5.74, 6) is -0.770. The molecule has 2 N–H and O–H groups in total. The third kappa shape index (κ3) is 5.07. The molecule has 6 heteroatoms. The van der Waals surface area contributed by atoms with Gasteiger partial charge in [-0.15, -0.1) is 0 Å². The minimum absolute atomic E-state index is 0.00626. The topological polar surface area (TPSA) is 84.9 Å². The van der Waals surface area contributed by atoms with E-state index in [1.165, 1.54) is 0 Å². The van der Waals surface area contributed by atoms with Gasteiger partial charge in [0.1, 0.15) is 6.61 Å². The molecule has 0 saturated heterocycles. The molecule has 1 heterocycles. The number of carbonyl (C=O) groups excluding carboxylic acids is 2. The lowest BCUT2D eigenvalue weighted by Gasteiger charge is -2.36. The summed E-state index contributed by atoms with van der Waals surface area (Å²) >= 11 is 0. The van der Waals surface area contributed by atoms with Gasteiger partial charge in [-0.3, -0.25) is 4.79 Å². The minimum atomic E-state index is -0.640. The number of hydrogen-bond donors (Lipinski definition) is 2. The average molecular weight is 510 g/mol. The Kier molecular flexibility index (Phi) is 7.31. The Hall–Kier alpha value is -4.32. The standard InChI is InChI=1S/C32H31NO5/c1-3-37-28-18-23(14-15-26(28)34)30-29(32(36)38-19-21-10-6-4-7-11-21)20(2)33-25-16-24(17-27(35)31(25)30)22-12-8-5-9-13-22/h4-15,18,24,30,33-34H,3,16-17,19H2,1-2H3/t24-,30-/m0/s1. The summed E-state index contributed by atoms with van der Waals surface area (Å²) in [5, 5.41) is 13.7. The van der Waals surface area contributed by atoms with Crippen molar-refractivity contribution in [3.63, 3.8) is 0 Å². The lowest BCUT2D eigenvalue weighted by Crippen LogP contribution is -2.36. The van der Waals surface area contributed by atoms with E-state index in [0.717, 1.165) is 16.8 Å². The molecule has 0 fully saturated rings. The second-order valence-electron chi connectivity index (χ2n) is 9.65. The lowest BCUT2D eigenvalue weighted by atomic mass is 9.71. The molecule has 0 radical (unpaired) electrons. The van der Waals surface area contributed by atoms with Crippen molar-refractivity contribution in [2.45, 2.75) is 45.1 Å². The SMILES string of the molecule is CCOc1cc([C@H]2C(C(=O)OCc3ccccc3)=C(C)NC3=C2C(=O)C[C@@H](c2ccccc2)C3)ccc1O. The molecule has 0 aromatic heterocycles. The lowest BCUT2D eigenvalue weighted by molar-refractivity contribution is -0.140. The maximum Gasteiger partial charge on any atom is 0.337 e. The molecule has 0 saturated carbocycles. The molecule has 0 unspecified atom stereocenters. The normalized spacial score (nSPS) is 19.1. The molecule has 6 nitrogen and oxygen atoms in total. The summed E-state index contributed by atoms with van der Waals surface area (Å²) in [6.07, 6.45) is 1.00. The van der Waals surface area contributed by atoms with Crippen LogP contribution in [0.15, 0.2) is 101 Å². The van der Waals surface area contributed by atoms with Gasteiger partial charge >= 0.3 is 5.97 Å². The predicted molar refractivity (Wildman–Crippen MR) is 145 cm³/mol. The number of rotatable bonds is 7. The number of ether oxygens (including phenoxy) is 2. The van der Waals surface area contributed by atoms with Crippen LogP contribution in [0.4, 0.5) is 0 Å². The number of aromatic hydroxyl groups is 1. The Morgan fingerprint density at radius 1 is 0.974 bits per heavy atom. The first-order chi connectivity index (χ1) is 18.5. The highest BCUT2D eigenvalue weighted by molar-refractivity contribution is 6.04. The second kappa shape index (κ2) is 11.0. The third-order valence-corrected chi connectivity index (χ3v) is 7.15. The average Bonchev–Trinajstić information content (AvgIpc) is 2.93. The van der Waals surface area contributed by atoms with Crippen molar-refractivity contribution in [2.75, 3.05) is 6.61 Å². The molecule has 2 atom stereocenters. The third-order valence-electron chi connectivity index (χ3n) is 7.15. The first kappa shape index (κ1) is 25.3. The number of Topliss-reactive ketones (excluding diaryl/α,β-unsaturated/α-hetero) is 1. The van der Waals surface area contributed by atoms with E-state index in [-0.39, 0.29) is 24.1 Å². The maximum atomic E-state index is 13.8. The first-order valence-electron chi connectivity index (χ1n) is 12.9. The zero-order valence-corrected chi connectivity index (χ0v) is 21.6. The highest BCUT2D eigenvalue weighted by atomic mass is 16.5. The summed E-state index contributed by atoms with van der Waals surface area (Å²) < 4.78 is 11.4. The van der Waals surface area contributed by atoms with Gasteiger partial charge in [0.05, 0.1) is 12.2 Å². The van der Waals surface area contributed by atoms with Gasteiger partial charge in [0.25, 0.3) is 0 Å². The maximum absolute atomic E-state index is 13.8. The Balaban J connectivity index is 1.55. The Labute approximate surface area is 222 Å². The summed E-state index contributed by atoms with van der Waals surface area (Å²) in [5.41, 5.74) is 5.12. The predicted octanol–water partition coefficient (Wildman–Crippen LogP) is 5.90.